The second-order valence-corrected chi connectivity index (χ2v) is 4.59. The van der Waals surface area contributed by atoms with Gasteiger partial charge in [-0.2, -0.15) is 15.2 Å². The Labute approximate surface area is 115 Å². The van der Waals surface area contributed by atoms with Gasteiger partial charge in [0.05, 0.1) is 11.8 Å². The number of anilines is 1. The summed E-state index contributed by atoms with van der Waals surface area (Å²) in [6.45, 7) is 4.55. The first-order valence-corrected chi connectivity index (χ1v) is 6.31. The van der Waals surface area contributed by atoms with Crippen LogP contribution in [0.15, 0.2) is 30.0 Å². The fraction of sp³-hybridized carbons (Fsp3) is 0.333. The van der Waals surface area contributed by atoms with Gasteiger partial charge >= 0.3 is 0 Å². The van der Waals surface area contributed by atoms with Crippen LogP contribution in [0.4, 0.5) is 5.95 Å². The second kappa shape index (κ2) is 4.48. The average Bonchev–Trinajstić information content (AvgIpc) is 3.04. The Hall–Kier alpha value is -2.64. The third-order valence-electron chi connectivity index (χ3n) is 3.35. The zero-order valence-electron chi connectivity index (χ0n) is 11.2. The molecule has 0 aliphatic carbocycles. The van der Waals surface area contributed by atoms with Gasteiger partial charge in [0.2, 0.25) is 11.9 Å². The number of nitrogens with one attached hydrogen (secondary N) is 1. The van der Waals surface area contributed by atoms with Gasteiger partial charge in [-0.3, -0.25) is 9.48 Å². The molecule has 1 atom stereocenters. The molecule has 0 saturated carbocycles. The van der Waals surface area contributed by atoms with E-state index in [2.05, 4.69) is 20.5 Å². The summed E-state index contributed by atoms with van der Waals surface area (Å²) in [5.41, 5.74) is 7.54. The van der Waals surface area contributed by atoms with E-state index < -0.39 is 11.9 Å². The number of fused-ring (bicyclic) bond motifs is 1. The van der Waals surface area contributed by atoms with Crippen molar-refractivity contribution in [1.82, 2.24) is 24.5 Å². The zero-order valence-corrected chi connectivity index (χ0v) is 11.2. The number of nitrogens with zero attached hydrogens (tertiary/aromatic N) is 5. The van der Waals surface area contributed by atoms with E-state index in [0.717, 1.165) is 12.1 Å². The molecule has 0 aromatic carbocycles. The van der Waals surface area contributed by atoms with Gasteiger partial charge in [-0.25, -0.2) is 4.68 Å². The molecule has 2 aromatic heterocycles. The quantitative estimate of drug-likeness (QED) is 0.835. The molecule has 104 valence electrons. The minimum atomic E-state index is -0.481. The number of primary amides is 1. The van der Waals surface area contributed by atoms with Crippen molar-refractivity contribution in [1.29, 1.82) is 0 Å². The minimum Gasteiger partial charge on any atom is -0.366 e. The molecule has 0 spiro atoms. The number of hydrogen-bond donors (Lipinski definition) is 2. The van der Waals surface area contributed by atoms with Crippen molar-refractivity contribution in [2.24, 2.45) is 5.73 Å². The van der Waals surface area contributed by atoms with Crippen molar-refractivity contribution in [3.8, 4) is 0 Å². The molecule has 3 N–H and O–H groups in total. The number of aromatic nitrogens is 5. The summed E-state index contributed by atoms with van der Waals surface area (Å²) in [4.78, 5) is 15.9. The van der Waals surface area contributed by atoms with E-state index in [1.54, 1.807) is 22.5 Å². The highest BCUT2D eigenvalue weighted by atomic mass is 16.1. The van der Waals surface area contributed by atoms with Crippen LogP contribution in [0, 0.1) is 0 Å². The van der Waals surface area contributed by atoms with E-state index >= 15 is 0 Å². The molecule has 0 fully saturated rings. The van der Waals surface area contributed by atoms with Gasteiger partial charge < -0.3 is 11.1 Å². The van der Waals surface area contributed by atoms with Gasteiger partial charge in [0, 0.05) is 24.0 Å². The van der Waals surface area contributed by atoms with Crippen LogP contribution in [0.1, 0.15) is 25.5 Å². The number of nitrogens with two attached hydrogens (primary N) is 1. The summed E-state index contributed by atoms with van der Waals surface area (Å²) in [5, 5.41) is 11.5. The first-order chi connectivity index (χ1) is 9.61. The van der Waals surface area contributed by atoms with E-state index in [9.17, 15) is 4.79 Å². The smallest absolute Gasteiger partial charge is 0.248 e. The number of rotatable bonds is 3. The largest absolute Gasteiger partial charge is 0.366 e. The van der Waals surface area contributed by atoms with E-state index in [-0.39, 0.29) is 0 Å². The normalized spacial score (nSPS) is 17.8. The number of allylic oxidation sites excluding steroid dienone is 1. The number of carbonyl (C=O) groups is 1. The van der Waals surface area contributed by atoms with Crippen LogP contribution in [0.5, 0.6) is 0 Å². The van der Waals surface area contributed by atoms with Crippen molar-refractivity contribution in [2.45, 2.75) is 26.4 Å². The standard InChI is InChI=1S/C12H15N7O/c1-3-18-5-8(4-15-18)10-9(11(13)20)7(2)17-12-14-6-16-19(10)12/h4-6,10H,3H2,1-2H3,(H2,13,20)(H,14,16,17). The molecule has 8 nitrogen and oxygen atoms in total. The number of amides is 1. The van der Waals surface area contributed by atoms with Crippen molar-refractivity contribution < 1.29 is 4.79 Å². The summed E-state index contributed by atoms with van der Waals surface area (Å²) < 4.78 is 3.44. The first-order valence-electron chi connectivity index (χ1n) is 6.31. The summed E-state index contributed by atoms with van der Waals surface area (Å²) in [6, 6.07) is -0.397. The third kappa shape index (κ3) is 1.77. The van der Waals surface area contributed by atoms with Crippen LogP contribution < -0.4 is 11.1 Å². The van der Waals surface area contributed by atoms with E-state index in [1.165, 1.54) is 6.33 Å². The van der Waals surface area contributed by atoms with Gasteiger partial charge in [0.1, 0.15) is 12.4 Å². The van der Waals surface area contributed by atoms with Gasteiger partial charge in [0.15, 0.2) is 0 Å². The summed E-state index contributed by atoms with van der Waals surface area (Å²) >= 11 is 0. The van der Waals surface area contributed by atoms with Crippen LogP contribution in [0.2, 0.25) is 0 Å². The van der Waals surface area contributed by atoms with E-state index in [1.807, 2.05) is 13.1 Å². The van der Waals surface area contributed by atoms with Gasteiger partial charge in [0.25, 0.3) is 0 Å². The Balaban J connectivity index is 2.16. The molecule has 1 aliphatic heterocycles. The molecule has 0 saturated heterocycles. The Kier molecular flexibility index (Phi) is 2.78. The third-order valence-corrected chi connectivity index (χ3v) is 3.35. The molecule has 8 heteroatoms. The number of carbonyl (C=O) groups excluding carboxylic acids is 1. The van der Waals surface area contributed by atoms with Crippen molar-refractivity contribution in [3.05, 3.63) is 35.6 Å². The van der Waals surface area contributed by atoms with Gasteiger partial charge in [-0.1, -0.05) is 0 Å². The van der Waals surface area contributed by atoms with Crippen molar-refractivity contribution >= 4 is 11.9 Å². The second-order valence-electron chi connectivity index (χ2n) is 4.59. The summed E-state index contributed by atoms with van der Waals surface area (Å²) in [7, 11) is 0. The lowest BCUT2D eigenvalue weighted by Crippen LogP contribution is -2.31. The summed E-state index contributed by atoms with van der Waals surface area (Å²) in [6.07, 6.45) is 5.05. The topological polar surface area (TPSA) is 104 Å². The van der Waals surface area contributed by atoms with Crippen LogP contribution in [-0.2, 0) is 11.3 Å². The molecule has 0 radical (unpaired) electrons. The maximum atomic E-state index is 11.8. The molecule has 20 heavy (non-hydrogen) atoms. The molecule has 1 unspecified atom stereocenters. The molecule has 1 aliphatic rings. The van der Waals surface area contributed by atoms with Crippen LogP contribution >= 0.6 is 0 Å². The number of hydrogen-bond acceptors (Lipinski definition) is 5. The maximum absolute atomic E-state index is 11.8. The Bertz CT molecular complexity index is 696. The molecule has 0 bridgehead atoms. The molecular weight excluding hydrogens is 258 g/mol. The Morgan fingerprint density at radius 1 is 1.50 bits per heavy atom. The lowest BCUT2D eigenvalue weighted by Gasteiger charge is -2.26. The molecule has 3 heterocycles. The molecule has 3 rings (SSSR count). The minimum absolute atomic E-state index is 0.397. The van der Waals surface area contributed by atoms with Crippen LogP contribution in [0.25, 0.3) is 0 Å². The zero-order chi connectivity index (χ0) is 14.3. The molecular formula is C12H15N7O. The van der Waals surface area contributed by atoms with Crippen LogP contribution in [0.3, 0.4) is 0 Å². The van der Waals surface area contributed by atoms with Crippen molar-refractivity contribution in [3.63, 3.8) is 0 Å². The highest BCUT2D eigenvalue weighted by Crippen LogP contribution is 2.33. The Morgan fingerprint density at radius 2 is 2.30 bits per heavy atom. The first kappa shape index (κ1) is 12.4. The highest BCUT2D eigenvalue weighted by Gasteiger charge is 2.32. The van der Waals surface area contributed by atoms with Crippen molar-refractivity contribution in [2.75, 3.05) is 5.32 Å². The fourth-order valence-electron chi connectivity index (χ4n) is 2.41. The Morgan fingerprint density at radius 3 is 2.95 bits per heavy atom. The fourth-order valence-corrected chi connectivity index (χ4v) is 2.41. The molecule has 2 aromatic rings. The maximum Gasteiger partial charge on any atom is 0.248 e. The lowest BCUT2D eigenvalue weighted by molar-refractivity contribution is -0.115. The van der Waals surface area contributed by atoms with E-state index in [0.29, 0.717) is 17.2 Å². The highest BCUT2D eigenvalue weighted by molar-refractivity contribution is 5.95. The molecule has 1 amide bonds. The van der Waals surface area contributed by atoms with Crippen LogP contribution in [-0.4, -0.2) is 30.5 Å². The number of aryl methyl sites for hydroxylation is 1. The average molecular weight is 273 g/mol. The van der Waals surface area contributed by atoms with Gasteiger partial charge in [-0.15, -0.1) is 0 Å². The summed E-state index contributed by atoms with van der Waals surface area (Å²) in [5.74, 6) is 0.104. The predicted octanol–water partition coefficient (Wildman–Crippen LogP) is 0.269. The SMILES string of the molecule is CCn1cc(C2C(C(N)=O)=C(C)Nc3ncnn32)cn1. The lowest BCUT2D eigenvalue weighted by atomic mass is 9.98. The monoisotopic (exact) mass is 273 g/mol. The predicted molar refractivity (Wildman–Crippen MR) is 71.6 cm³/mol. The van der Waals surface area contributed by atoms with E-state index in [4.69, 9.17) is 5.73 Å². The van der Waals surface area contributed by atoms with Gasteiger partial charge in [-0.05, 0) is 13.8 Å².